The lowest BCUT2D eigenvalue weighted by atomic mass is 10.0. The molecule has 0 saturated heterocycles. The molecule has 0 aromatic carbocycles. The quantitative estimate of drug-likeness (QED) is 0.291. The van der Waals surface area contributed by atoms with Gasteiger partial charge >= 0.3 is 0 Å². The van der Waals surface area contributed by atoms with Crippen molar-refractivity contribution in [3.63, 3.8) is 0 Å². The van der Waals surface area contributed by atoms with Crippen LogP contribution < -0.4 is 5.32 Å². The van der Waals surface area contributed by atoms with E-state index in [0.29, 0.717) is 5.92 Å². The minimum Gasteiger partial charge on any atom is -0.334 e. The minimum atomic E-state index is -0.151. The van der Waals surface area contributed by atoms with Crippen molar-refractivity contribution in [3.05, 3.63) is 0 Å². The van der Waals surface area contributed by atoms with Gasteiger partial charge in [0.25, 0.3) is 4.82 Å². The summed E-state index contributed by atoms with van der Waals surface area (Å²) in [4.78, 5) is 10.7. The summed E-state index contributed by atoms with van der Waals surface area (Å²) in [6.07, 6.45) is 7.68. The van der Waals surface area contributed by atoms with E-state index in [2.05, 4.69) is 51.0 Å². The molecule has 0 spiro atoms. The van der Waals surface area contributed by atoms with Gasteiger partial charge in [0.2, 0.25) is 0 Å². The van der Waals surface area contributed by atoms with Crippen LogP contribution in [0.15, 0.2) is 0 Å². The lowest BCUT2D eigenvalue weighted by Gasteiger charge is -2.18. The average Bonchev–Trinajstić information content (AvgIpc) is 2.16. The van der Waals surface area contributed by atoms with Crippen LogP contribution in [-0.2, 0) is 0 Å². The van der Waals surface area contributed by atoms with Gasteiger partial charge in [-0.2, -0.15) is 0 Å². The molecule has 2 atom stereocenters. The molecule has 0 rings (SSSR count). The SMILES string of the molecule is CCCCCCCC(C)C(Br)NC(=O)Br. The maximum Gasteiger partial charge on any atom is 0.288 e. The van der Waals surface area contributed by atoms with Crippen molar-refractivity contribution in [1.29, 1.82) is 0 Å². The third-order valence-electron chi connectivity index (χ3n) is 2.51. The molecule has 0 saturated carbocycles. The summed E-state index contributed by atoms with van der Waals surface area (Å²) in [7, 11) is 0. The molecule has 0 aliphatic rings. The first kappa shape index (κ1) is 15.4. The Kier molecular flexibility index (Phi) is 9.92. The topological polar surface area (TPSA) is 29.1 Å². The molecule has 2 nitrogen and oxygen atoms in total. The number of alkyl halides is 1. The number of hydrogen-bond donors (Lipinski definition) is 1. The summed E-state index contributed by atoms with van der Waals surface area (Å²) in [6.45, 7) is 4.38. The summed E-state index contributed by atoms with van der Waals surface area (Å²) < 4.78 is 0. The number of nitrogens with one attached hydrogen (secondary N) is 1. The van der Waals surface area contributed by atoms with Gasteiger partial charge in [0.1, 0.15) is 0 Å². The summed E-state index contributed by atoms with van der Waals surface area (Å²) in [5.41, 5.74) is 0. The average molecular weight is 343 g/mol. The Morgan fingerprint density at radius 1 is 1.27 bits per heavy atom. The van der Waals surface area contributed by atoms with Crippen LogP contribution in [-0.4, -0.2) is 9.77 Å². The van der Waals surface area contributed by atoms with Crippen LogP contribution in [0.3, 0.4) is 0 Å². The maximum atomic E-state index is 10.7. The van der Waals surface area contributed by atoms with Crippen molar-refractivity contribution in [2.75, 3.05) is 0 Å². The lowest BCUT2D eigenvalue weighted by molar-refractivity contribution is 0.258. The molecule has 0 aliphatic carbocycles. The largest absolute Gasteiger partial charge is 0.334 e. The van der Waals surface area contributed by atoms with Gasteiger partial charge in [-0.3, -0.25) is 4.79 Å². The first-order valence-corrected chi connectivity index (χ1v) is 7.38. The van der Waals surface area contributed by atoms with Gasteiger partial charge < -0.3 is 5.32 Å². The van der Waals surface area contributed by atoms with E-state index in [1.807, 2.05) is 0 Å². The first-order valence-electron chi connectivity index (χ1n) is 5.68. The van der Waals surface area contributed by atoms with Crippen LogP contribution in [0.1, 0.15) is 52.4 Å². The van der Waals surface area contributed by atoms with Crippen molar-refractivity contribution >= 4 is 36.7 Å². The van der Waals surface area contributed by atoms with Crippen molar-refractivity contribution < 1.29 is 4.79 Å². The Balaban J connectivity index is 3.46. The Bertz CT molecular complexity index is 176. The molecule has 0 heterocycles. The molecule has 15 heavy (non-hydrogen) atoms. The molecule has 0 aromatic rings. The fourth-order valence-electron chi connectivity index (χ4n) is 1.47. The van der Waals surface area contributed by atoms with Gasteiger partial charge in [-0.05, 0) is 12.3 Å². The molecule has 0 radical (unpaired) electrons. The third kappa shape index (κ3) is 9.36. The highest BCUT2D eigenvalue weighted by Gasteiger charge is 2.14. The van der Waals surface area contributed by atoms with E-state index in [1.54, 1.807) is 0 Å². The van der Waals surface area contributed by atoms with E-state index in [4.69, 9.17) is 0 Å². The molecule has 2 unspecified atom stereocenters. The number of halogens is 2. The van der Waals surface area contributed by atoms with E-state index in [1.165, 1.54) is 32.1 Å². The van der Waals surface area contributed by atoms with Crippen molar-refractivity contribution in [2.45, 2.75) is 57.3 Å². The van der Waals surface area contributed by atoms with E-state index in [-0.39, 0.29) is 9.77 Å². The molecule has 1 N–H and O–H groups in total. The molecule has 90 valence electrons. The van der Waals surface area contributed by atoms with Crippen molar-refractivity contribution in [1.82, 2.24) is 5.32 Å². The maximum absolute atomic E-state index is 10.7. The summed E-state index contributed by atoms with van der Waals surface area (Å²) >= 11 is 6.33. The smallest absolute Gasteiger partial charge is 0.288 e. The van der Waals surface area contributed by atoms with Crippen LogP contribution in [0, 0.1) is 5.92 Å². The molecular formula is C11H21Br2NO. The van der Waals surface area contributed by atoms with Crippen LogP contribution in [0.2, 0.25) is 0 Å². The third-order valence-corrected chi connectivity index (χ3v) is 3.87. The van der Waals surface area contributed by atoms with E-state index in [0.717, 1.165) is 6.42 Å². The van der Waals surface area contributed by atoms with E-state index in [9.17, 15) is 4.79 Å². The van der Waals surface area contributed by atoms with Crippen molar-refractivity contribution in [2.24, 2.45) is 5.92 Å². The monoisotopic (exact) mass is 341 g/mol. The Morgan fingerprint density at radius 3 is 2.40 bits per heavy atom. The summed E-state index contributed by atoms with van der Waals surface area (Å²) in [6, 6.07) is 0. The number of hydrogen-bond acceptors (Lipinski definition) is 1. The fraction of sp³-hybridized carbons (Fsp3) is 0.909. The first-order chi connectivity index (χ1) is 7.07. The van der Waals surface area contributed by atoms with Crippen LogP contribution in [0.4, 0.5) is 4.79 Å². The Labute approximate surface area is 110 Å². The van der Waals surface area contributed by atoms with Crippen LogP contribution in [0.25, 0.3) is 0 Å². The second kappa shape index (κ2) is 9.64. The molecule has 0 bridgehead atoms. The summed E-state index contributed by atoms with van der Waals surface area (Å²) in [5.74, 6) is 0.480. The molecular weight excluding hydrogens is 322 g/mol. The van der Waals surface area contributed by atoms with Gasteiger partial charge in [-0.15, -0.1) is 0 Å². The van der Waals surface area contributed by atoms with Gasteiger partial charge in [0.15, 0.2) is 0 Å². The predicted octanol–water partition coefficient (Wildman–Crippen LogP) is 4.81. The number of unbranched alkanes of at least 4 members (excludes halogenated alkanes) is 4. The number of rotatable bonds is 8. The van der Waals surface area contributed by atoms with Gasteiger partial charge in [-0.1, -0.05) is 61.9 Å². The zero-order valence-corrected chi connectivity index (χ0v) is 12.7. The molecule has 0 aliphatic heterocycles. The second-order valence-electron chi connectivity index (χ2n) is 4.00. The molecule has 1 amide bonds. The molecule has 0 aromatic heterocycles. The minimum absolute atomic E-state index is 0.0792. The number of amides is 1. The zero-order chi connectivity index (χ0) is 11.7. The Hall–Kier alpha value is 0.430. The summed E-state index contributed by atoms with van der Waals surface area (Å²) in [5, 5.41) is 2.79. The van der Waals surface area contributed by atoms with E-state index >= 15 is 0 Å². The van der Waals surface area contributed by atoms with Crippen LogP contribution in [0.5, 0.6) is 0 Å². The standard InChI is InChI=1S/C11H21Br2NO/c1-3-4-5-6-7-8-9(2)10(12)14-11(13)15/h9-10H,3-8H2,1-2H3,(H,14,15). The molecule has 0 fully saturated rings. The highest BCUT2D eigenvalue weighted by Crippen LogP contribution is 2.18. The number of carbonyl (C=O) groups is 1. The zero-order valence-electron chi connectivity index (χ0n) is 9.56. The molecule has 4 heteroatoms. The van der Waals surface area contributed by atoms with Gasteiger partial charge in [-0.25, -0.2) is 0 Å². The highest BCUT2D eigenvalue weighted by atomic mass is 79.9. The normalized spacial score (nSPS) is 14.7. The number of carbonyl (C=O) groups excluding carboxylic acids is 1. The van der Waals surface area contributed by atoms with Crippen molar-refractivity contribution in [3.8, 4) is 0 Å². The van der Waals surface area contributed by atoms with Gasteiger partial charge in [0, 0.05) is 15.9 Å². The van der Waals surface area contributed by atoms with Gasteiger partial charge in [0.05, 0.1) is 4.95 Å². The highest BCUT2D eigenvalue weighted by molar-refractivity contribution is 9.18. The predicted molar refractivity (Wildman–Crippen MR) is 72.7 cm³/mol. The Morgan fingerprint density at radius 2 is 1.87 bits per heavy atom. The van der Waals surface area contributed by atoms with Crippen LogP contribution >= 0.6 is 31.9 Å². The lowest BCUT2D eigenvalue weighted by Crippen LogP contribution is -2.31. The van der Waals surface area contributed by atoms with E-state index < -0.39 is 0 Å². The second-order valence-corrected chi connectivity index (χ2v) is 5.71. The fourth-order valence-corrected chi connectivity index (χ4v) is 2.49.